The Kier molecular flexibility index (Phi) is 17.5. The second-order valence-electron chi connectivity index (χ2n) is 5.55. The molecule has 0 fully saturated rings. The number of aromatic nitrogens is 1. The van der Waals surface area contributed by atoms with Crippen molar-refractivity contribution in [1.82, 2.24) is 10.3 Å². The van der Waals surface area contributed by atoms with E-state index in [1.807, 2.05) is 30.3 Å². The van der Waals surface area contributed by atoms with Gasteiger partial charge in [0.2, 0.25) is 0 Å². The highest BCUT2D eigenvalue weighted by atomic mass is 32.1. The summed E-state index contributed by atoms with van der Waals surface area (Å²) >= 11 is 6.74. The topological polar surface area (TPSA) is 98.2 Å². The van der Waals surface area contributed by atoms with Gasteiger partial charge in [-0.25, -0.2) is 0 Å². The summed E-state index contributed by atoms with van der Waals surface area (Å²) in [6, 6.07) is 9.68. The Hall–Kier alpha value is -1.93. The number of rotatable bonds is 9. The van der Waals surface area contributed by atoms with Gasteiger partial charge >= 0.3 is 0 Å². The van der Waals surface area contributed by atoms with Crippen molar-refractivity contribution in [2.45, 2.75) is 44.9 Å². The number of carbonyl (C=O) groups excluding carboxylic acids is 2. The van der Waals surface area contributed by atoms with Gasteiger partial charge in [-0.3, -0.25) is 14.6 Å². The maximum atomic E-state index is 10.5. The Bertz CT molecular complexity index is 550. The molecule has 2 heterocycles. The third kappa shape index (κ3) is 22.0. The number of nitrogens with two attached hydrogens (primary N) is 1. The zero-order chi connectivity index (χ0) is 20.2. The first-order valence-electron chi connectivity index (χ1n) is 8.85. The predicted molar refractivity (Wildman–Crippen MR) is 115 cm³/mol. The summed E-state index contributed by atoms with van der Waals surface area (Å²) in [5.41, 5.74) is 4.34. The first-order chi connectivity index (χ1) is 13.0. The lowest BCUT2D eigenvalue weighted by molar-refractivity contribution is 0.260. The number of amides is 2. The molecule has 27 heavy (non-hydrogen) atoms. The summed E-state index contributed by atoms with van der Waals surface area (Å²) in [6.07, 6.45) is 13.4. The van der Waals surface area contributed by atoms with Crippen molar-refractivity contribution < 1.29 is 14.0 Å². The summed E-state index contributed by atoms with van der Waals surface area (Å²) < 4.78 is 5.27. The van der Waals surface area contributed by atoms with Crippen LogP contribution in [0.5, 0.6) is 0 Å². The normalized spacial score (nSPS) is 9.26. The maximum Gasteiger partial charge on any atom is 0.275 e. The molecule has 0 aromatic carbocycles. The van der Waals surface area contributed by atoms with E-state index in [1.54, 1.807) is 18.7 Å². The van der Waals surface area contributed by atoms with E-state index >= 15 is 0 Å². The lowest BCUT2D eigenvalue weighted by atomic mass is 10.1. The van der Waals surface area contributed by atoms with Gasteiger partial charge < -0.3 is 15.5 Å². The van der Waals surface area contributed by atoms with Crippen LogP contribution in [0.25, 0.3) is 0 Å². The molecule has 2 amide bonds. The van der Waals surface area contributed by atoms with Crippen LogP contribution < -0.4 is 11.1 Å². The van der Waals surface area contributed by atoms with Crippen LogP contribution >= 0.6 is 25.3 Å². The highest BCUT2D eigenvalue weighted by molar-refractivity contribution is 7.96. The standard InChI is InChI=1S/C13H21NO2S.C5H5N.CH3NOS/c15-13(17)14-10-6-4-2-1-3-5-8-12-9-7-11-16-12;1-2-4-6-5-3-1;2-1(3)4/h7,9,11H,1-6,8,10H2,(H2,14,15,17);1-5H;(H3,2,3,4). The molecule has 2 aromatic rings. The largest absolute Gasteiger partial charge is 0.469 e. The number of nitrogens with zero attached hydrogens (tertiary/aromatic N) is 1. The van der Waals surface area contributed by atoms with Crippen LogP contribution in [-0.2, 0) is 6.42 Å². The van der Waals surface area contributed by atoms with Crippen molar-refractivity contribution in [2.75, 3.05) is 6.54 Å². The molecule has 6 nitrogen and oxygen atoms in total. The number of furan rings is 1. The lowest BCUT2D eigenvalue weighted by Crippen LogP contribution is -2.17. The number of thiol groups is 2. The molecule has 0 saturated carbocycles. The van der Waals surface area contributed by atoms with Crippen molar-refractivity contribution in [3.63, 3.8) is 0 Å². The van der Waals surface area contributed by atoms with Gasteiger partial charge in [0.1, 0.15) is 5.76 Å². The average molecular weight is 412 g/mol. The lowest BCUT2D eigenvalue weighted by Gasteiger charge is -2.02. The highest BCUT2D eigenvalue weighted by Gasteiger charge is 1.96. The van der Waals surface area contributed by atoms with E-state index in [0.717, 1.165) is 25.1 Å². The summed E-state index contributed by atoms with van der Waals surface area (Å²) in [6.45, 7) is 0.745. The minimum Gasteiger partial charge on any atom is -0.469 e. The fraction of sp³-hybridized carbons (Fsp3) is 0.421. The van der Waals surface area contributed by atoms with Crippen LogP contribution in [0, 0.1) is 0 Å². The quantitative estimate of drug-likeness (QED) is 0.349. The Labute approximate surface area is 172 Å². The fourth-order valence-corrected chi connectivity index (χ4v) is 2.21. The van der Waals surface area contributed by atoms with Crippen LogP contribution in [-0.4, -0.2) is 22.0 Å². The number of nitrogens with one attached hydrogen (secondary N) is 1. The molecule has 150 valence electrons. The molecule has 0 aliphatic carbocycles. The number of unbranched alkanes of at least 4 members (excludes halogenated alkanes) is 5. The maximum absolute atomic E-state index is 10.5. The molecule has 0 aliphatic rings. The van der Waals surface area contributed by atoms with Gasteiger partial charge in [0.15, 0.2) is 0 Å². The predicted octanol–water partition coefficient (Wildman–Crippen LogP) is 4.88. The van der Waals surface area contributed by atoms with Gasteiger partial charge in [-0.2, -0.15) is 0 Å². The van der Waals surface area contributed by atoms with E-state index in [9.17, 15) is 4.79 Å². The van der Waals surface area contributed by atoms with Crippen LogP contribution in [0.2, 0.25) is 0 Å². The molecule has 2 aromatic heterocycles. The number of primary amides is 1. The average Bonchev–Trinajstić information content (AvgIpc) is 3.15. The summed E-state index contributed by atoms with van der Waals surface area (Å²) in [5.74, 6) is 1.08. The third-order valence-electron chi connectivity index (χ3n) is 3.27. The second-order valence-corrected chi connectivity index (χ2v) is 6.39. The van der Waals surface area contributed by atoms with E-state index in [1.165, 1.54) is 32.1 Å². The zero-order valence-corrected chi connectivity index (χ0v) is 17.2. The fourth-order valence-electron chi connectivity index (χ4n) is 2.09. The van der Waals surface area contributed by atoms with Gasteiger partial charge in [-0.15, -0.1) is 0 Å². The molecule has 0 bridgehead atoms. The Morgan fingerprint density at radius 1 is 0.963 bits per heavy atom. The molecule has 0 radical (unpaired) electrons. The van der Waals surface area contributed by atoms with E-state index < -0.39 is 5.24 Å². The van der Waals surface area contributed by atoms with Crippen molar-refractivity contribution in [3.8, 4) is 0 Å². The van der Waals surface area contributed by atoms with Gasteiger partial charge in [-0.05, 0) is 37.1 Å². The number of hydrogen-bond acceptors (Lipinski definition) is 4. The summed E-state index contributed by atoms with van der Waals surface area (Å²) in [5, 5.41) is 1.81. The zero-order valence-electron chi connectivity index (χ0n) is 15.4. The molecule has 0 aliphatic heterocycles. The number of aryl methyl sites for hydroxylation is 1. The van der Waals surface area contributed by atoms with Crippen LogP contribution in [0.15, 0.2) is 53.4 Å². The minimum atomic E-state index is -0.639. The molecule has 0 spiro atoms. The van der Waals surface area contributed by atoms with E-state index in [0.29, 0.717) is 0 Å². The van der Waals surface area contributed by atoms with Crippen molar-refractivity contribution in [2.24, 2.45) is 5.73 Å². The van der Waals surface area contributed by atoms with Crippen LogP contribution in [0.3, 0.4) is 0 Å². The molecule has 8 heteroatoms. The van der Waals surface area contributed by atoms with E-state index in [2.05, 4.69) is 41.3 Å². The van der Waals surface area contributed by atoms with E-state index in [-0.39, 0.29) is 5.24 Å². The van der Waals surface area contributed by atoms with E-state index in [4.69, 9.17) is 9.21 Å². The van der Waals surface area contributed by atoms with Gasteiger partial charge in [0.25, 0.3) is 10.5 Å². The molecule has 0 atom stereocenters. The Morgan fingerprint density at radius 2 is 1.56 bits per heavy atom. The van der Waals surface area contributed by atoms with Gasteiger partial charge in [0, 0.05) is 25.4 Å². The molecular weight excluding hydrogens is 382 g/mol. The Balaban J connectivity index is 0.000000550. The molecular formula is C19H29N3O3S2. The van der Waals surface area contributed by atoms with Gasteiger partial charge in [-0.1, -0.05) is 57.0 Å². The first-order valence-corrected chi connectivity index (χ1v) is 9.74. The molecule has 2 rings (SSSR count). The summed E-state index contributed by atoms with van der Waals surface area (Å²) in [4.78, 5) is 23.3. The van der Waals surface area contributed by atoms with Crippen LogP contribution in [0.1, 0.15) is 44.3 Å². The smallest absolute Gasteiger partial charge is 0.275 e. The van der Waals surface area contributed by atoms with Crippen molar-refractivity contribution in [3.05, 3.63) is 54.7 Å². The molecule has 3 N–H and O–H groups in total. The van der Waals surface area contributed by atoms with Gasteiger partial charge in [0.05, 0.1) is 6.26 Å². The number of pyridine rings is 1. The Morgan fingerprint density at radius 3 is 2.00 bits per heavy atom. The second kappa shape index (κ2) is 18.8. The minimum absolute atomic E-state index is 0.233. The molecule has 0 unspecified atom stereocenters. The SMILES string of the molecule is NC(=O)S.O=C(S)NCCCCCCCCc1ccco1.c1ccncc1. The first kappa shape index (κ1) is 25.1. The summed E-state index contributed by atoms with van der Waals surface area (Å²) in [7, 11) is 0. The third-order valence-corrected chi connectivity index (χ3v) is 3.43. The number of carbonyl (C=O) groups is 2. The molecule has 0 saturated heterocycles. The monoisotopic (exact) mass is 411 g/mol. The number of hydrogen-bond donors (Lipinski definition) is 4. The van der Waals surface area contributed by atoms with Crippen molar-refractivity contribution >= 4 is 35.7 Å². The van der Waals surface area contributed by atoms with Crippen molar-refractivity contribution in [1.29, 1.82) is 0 Å². The van der Waals surface area contributed by atoms with Crippen LogP contribution in [0.4, 0.5) is 9.59 Å². The highest BCUT2D eigenvalue weighted by Crippen LogP contribution is 2.09.